The van der Waals surface area contributed by atoms with Crippen LogP contribution in [0.15, 0.2) is 47.9 Å². The molecule has 0 aromatic heterocycles. The SMILES string of the molecule is C=CC(=O)OCCC(CC)(CC)Sc1ccccc1. The fourth-order valence-electron chi connectivity index (χ4n) is 1.93. The van der Waals surface area contributed by atoms with Crippen molar-refractivity contribution in [2.24, 2.45) is 0 Å². The number of thioether (sulfide) groups is 1. The van der Waals surface area contributed by atoms with Crippen molar-refractivity contribution >= 4 is 17.7 Å². The molecule has 0 aliphatic rings. The Bertz CT molecular complexity index is 396. The molecule has 0 fully saturated rings. The van der Waals surface area contributed by atoms with E-state index in [-0.39, 0.29) is 10.7 Å². The fourth-order valence-corrected chi connectivity index (χ4v) is 3.20. The molecule has 0 aliphatic carbocycles. The average Bonchev–Trinajstić information content (AvgIpc) is 2.47. The summed E-state index contributed by atoms with van der Waals surface area (Å²) in [6.07, 6.45) is 4.17. The molecule has 0 radical (unpaired) electrons. The van der Waals surface area contributed by atoms with Gasteiger partial charge in [0.25, 0.3) is 0 Å². The molecule has 0 saturated carbocycles. The zero-order valence-electron chi connectivity index (χ0n) is 11.7. The van der Waals surface area contributed by atoms with Crippen LogP contribution in [0.2, 0.25) is 0 Å². The van der Waals surface area contributed by atoms with Crippen molar-refractivity contribution in [3.63, 3.8) is 0 Å². The Morgan fingerprint density at radius 1 is 1.32 bits per heavy atom. The highest BCUT2D eigenvalue weighted by Crippen LogP contribution is 2.40. The molecule has 0 saturated heterocycles. The number of rotatable bonds is 8. The molecule has 0 spiro atoms. The number of hydrogen-bond acceptors (Lipinski definition) is 3. The van der Waals surface area contributed by atoms with Gasteiger partial charge in [0.1, 0.15) is 0 Å². The lowest BCUT2D eigenvalue weighted by Gasteiger charge is -2.31. The summed E-state index contributed by atoms with van der Waals surface area (Å²) >= 11 is 1.88. The van der Waals surface area contributed by atoms with Gasteiger partial charge in [-0.25, -0.2) is 4.79 Å². The zero-order chi connectivity index (χ0) is 14.1. The summed E-state index contributed by atoms with van der Waals surface area (Å²) in [5.74, 6) is -0.342. The summed E-state index contributed by atoms with van der Waals surface area (Å²) < 4.78 is 5.25. The Balaban J connectivity index is 2.63. The smallest absolute Gasteiger partial charge is 0.330 e. The van der Waals surface area contributed by atoms with Crippen LogP contribution in [0.3, 0.4) is 0 Å². The summed E-state index contributed by atoms with van der Waals surface area (Å²) in [5, 5.41) is 0. The van der Waals surface area contributed by atoms with Crippen molar-refractivity contribution in [1.29, 1.82) is 0 Å². The first-order valence-corrected chi connectivity index (χ1v) is 7.50. The molecule has 1 aromatic rings. The Hall–Kier alpha value is -1.22. The summed E-state index contributed by atoms with van der Waals surface area (Å²) in [4.78, 5) is 12.4. The van der Waals surface area contributed by atoms with Crippen LogP contribution in [0.1, 0.15) is 33.1 Å². The third-order valence-electron chi connectivity index (χ3n) is 3.33. The van der Waals surface area contributed by atoms with E-state index in [4.69, 9.17) is 4.74 Å². The zero-order valence-corrected chi connectivity index (χ0v) is 12.5. The Labute approximate surface area is 120 Å². The van der Waals surface area contributed by atoms with Crippen molar-refractivity contribution < 1.29 is 9.53 Å². The van der Waals surface area contributed by atoms with Gasteiger partial charge >= 0.3 is 5.97 Å². The van der Waals surface area contributed by atoms with Gasteiger partial charge in [0.05, 0.1) is 6.61 Å². The van der Waals surface area contributed by atoms with E-state index in [0.717, 1.165) is 19.3 Å². The number of benzene rings is 1. The highest BCUT2D eigenvalue weighted by atomic mass is 32.2. The van der Waals surface area contributed by atoms with E-state index in [2.05, 4.69) is 44.7 Å². The lowest BCUT2D eigenvalue weighted by Crippen LogP contribution is -2.25. The molecule has 0 bridgehead atoms. The summed E-state index contributed by atoms with van der Waals surface area (Å²) in [7, 11) is 0. The molecule has 0 N–H and O–H groups in total. The number of carbonyl (C=O) groups excluding carboxylic acids is 1. The van der Waals surface area contributed by atoms with Crippen molar-refractivity contribution in [1.82, 2.24) is 0 Å². The summed E-state index contributed by atoms with van der Waals surface area (Å²) in [6, 6.07) is 10.4. The largest absolute Gasteiger partial charge is 0.462 e. The topological polar surface area (TPSA) is 26.3 Å². The third kappa shape index (κ3) is 5.11. The van der Waals surface area contributed by atoms with E-state index in [1.165, 1.54) is 11.0 Å². The van der Waals surface area contributed by atoms with Crippen LogP contribution in [0.25, 0.3) is 0 Å². The minimum Gasteiger partial charge on any atom is -0.462 e. The summed E-state index contributed by atoms with van der Waals surface area (Å²) in [5.41, 5.74) is 0. The number of carbonyl (C=O) groups is 1. The highest BCUT2D eigenvalue weighted by Gasteiger charge is 2.27. The molecule has 0 aliphatic heterocycles. The molecule has 0 amide bonds. The van der Waals surface area contributed by atoms with Crippen LogP contribution in [-0.2, 0) is 9.53 Å². The second-order valence-electron chi connectivity index (χ2n) is 4.43. The molecule has 104 valence electrons. The third-order valence-corrected chi connectivity index (χ3v) is 5.06. The number of hydrogen-bond donors (Lipinski definition) is 0. The first-order chi connectivity index (χ1) is 9.15. The quantitative estimate of drug-likeness (QED) is 0.399. The van der Waals surface area contributed by atoms with Crippen molar-refractivity contribution in [3.8, 4) is 0 Å². The monoisotopic (exact) mass is 278 g/mol. The molecule has 2 nitrogen and oxygen atoms in total. The molecule has 0 unspecified atom stereocenters. The van der Waals surface area contributed by atoms with Gasteiger partial charge in [-0.1, -0.05) is 38.6 Å². The van der Waals surface area contributed by atoms with E-state index in [9.17, 15) is 4.79 Å². The van der Waals surface area contributed by atoms with Gasteiger partial charge < -0.3 is 4.74 Å². The molecule has 0 heterocycles. The molecule has 1 rings (SSSR count). The van der Waals surface area contributed by atoms with Crippen LogP contribution in [0.4, 0.5) is 0 Å². The molecular weight excluding hydrogens is 256 g/mol. The van der Waals surface area contributed by atoms with Gasteiger partial charge in [0.2, 0.25) is 0 Å². The van der Waals surface area contributed by atoms with Gasteiger partial charge in [-0.3, -0.25) is 0 Å². The van der Waals surface area contributed by atoms with Gasteiger partial charge in [-0.2, -0.15) is 0 Å². The second-order valence-corrected chi connectivity index (χ2v) is 5.97. The number of esters is 1. The van der Waals surface area contributed by atoms with Crippen LogP contribution in [0.5, 0.6) is 0 Å². The van der Waals surface area contributed by atoms with Gasteiger partial charge in [-0.05, 0) is 31.4 Å². The molecule has 19 heavy (non-hydrogen) atoms. The summed E-state index contributed by atoms with van der Waals surface area (Å²) in [6.45, 7) is 8.23. The van der Waals surface area contributed by atoms with Gasteiger partial charge in [-0.15, -0.1) is 11.8 Å². The number of ether oxygens (including phenoxy) is 1. The second kappa shape index (κ2) is 8.05. The van der Waals surface area contributed by atoms with E-state index in [1.807, 2.05) is 17.8 Å². The maximum Gasteiger partial charge on any atom is 0.330 e. The minimum atomic E-state index is -0.342. The minimum absolute atomic E-state index is 0.128. The standard InChI is InChI=1S/C16H22O2S/c1-4-15(17)18-13-12-16(5-2,6-3)19-14-10-8-7-9-11-14/h4,7-11H,1,5-6,12-13H2,2-3H3. The lowest BCUT2D eigenvalue weighted by molar-refractivity contribution is -0.138. The predicted molar refractivity (Wildman–Crippen MR) is 81.4 cm³/mol. The molecule has 3 heteroatoms. The Morgan fingerprint density at radius 3 is 2.47 bits per heavy atom. The first kappa shape index (κ1) is 15.8. The maximum absolute atomic E-state index is 11.1. The van der Waals surface area contributed by atoms with Crippen LogP contribution < -0.4 is 0 Å². The van der Waals surface area contributed by atoms with Crippen LogP contribution in [-0.4, -0.2) is 17.3 Å². The van der Waals surface area contributed by atoms with Gasteiger partial charge in [0, 0.05) is 15.7 Å². The van der Waals surface area contributed by atoms with Crippen molar-refractivity contribution in [2.75, 3.05) is 6.61 Å². The Morgan fingerprint density at radius 2 is 1.95 bits per heavy atom. The van der Waals surface area contributed by atoms with E-state index in [0.29, 0.717) is 6.61 Å². The van der Waals surface area contributed by atoms with Crippen LogP contribution in [0, 0.1) is 0 Å². The molecule has 0 atom stereocenters. The maximum atomic E-state index is 11.1. The molecular formula is C16H22O2S. The van der Waals surface area contributed by atoms with Crippen molar-refractivity contribution in [3.05, 3.63) is 43.0 Å². The predicted octanol–water partition coefficient (Wildman–Crippen LogP) is 4.46. The Kier molecular flexibility index (Phi) is 6.71. The van der Waals surface area contributed by atoms with Crippen LogP contribution >= 0.6 is 11.8 Å². The highest BCUT2D eigenvalue weighted by molar-refractivity contribution is 8.00. The first-order valence-electron chi connectivity index (χ1n) is 6.69. The molecule has 1 aromatic carbocycles. The van der Waals surface area contributed by atoms with E-state index >= 15 is 0 Å². The van der Waals surface area contributed by atoms with E-state index in [1.54, 1.807) is 0 Å². The van der Waals surface area contributed by atoms with E-state index < -0.39 is 0 Å². The normalized spacial score (nSPS) is 11.1. The lowest BCUT2D eigenvalue weighted by atomic mass is 9.99. The fraction of sp³-hybridized carbons (Fsp3) is 0.438. The average molecular weight is 278 g/mol. The van der Waals surface area contributed by atoms with Gasteiger partial charge in [0.15, 0.2) is 0 Å². The van der Waals surface area contributed by atoms with Crippen molar-refractivity contribution in [2.45, 2.75) is 42.8 Å².